The fourth-order valence-corrected chi connectivity index (χ4v) is 3.22. The van der Waals surface area contributed by atoms with E-state index in [1.54, 1.807) is 13.0 Å². The van der Waals surface area contributed by atoms with Gasteiger partial charge in [0.1, 0.15) is 4.90 Å². The molecule has 2 rings (SSSR count). The third-order valence-corrected chi connectivity index (χ3v) is 4.49. The van der Waals surface area contributed by atoms with Crippen LogP contribution < -0.4 is 4.72 Å². The van der Waals surface area contributed by atoms with Crippen LogP contribution in [0.4, 0.5) is 5.69 Å². The Balaban J connectivity index is 2.37. The Morgan fingerprint density at radius 2 is 2.00 bits per heavy atom. The summed E-state index contributed by atoms with van der Waals surface area (Å²) in [6, 6.07) is 5.73. The number of carbonyl (C=O) groups is 1. The number of rotatable bonds is 4. The van der Waals surface area contributed by atoms with Crippen LogP contribution in [0.2, 0.25) is 0 Å². The molecule has 110 valence electrons. The van der Waals surface area contributed by atoms with Crippen molar-refractivity contribution < 1.29 is 18.3 Å². The number of hydrogen-bond acceptors (Lipinski definition) is 4. The van der Waals surface area contributed by atoms with Gasteiger partial charge in [-0.1, -0.05) is 6.07 Å². The van der Waals surface area contributed by atoms with E-state index >= 15 is 0 Å². The molecule has 6 nitrogen and oxygen atoms in total. The molecule has 0 aliphatic carbocycles. The largest absolute Gasteiger partial charge is 0.478 e. The van der Waals surface area contributed by atoms with Crippen LogP contribution in [0.25, 0.3) is 0 Å². The van der Waals surface area contributed by atoms with E-state index in [0.717, 1.165) is 0 Å². The van der Waals surface area contributed by atoms with Gasteiger partial charge < -0.3 is 5.11 Å². The number of aromatic nitrogens is 1. The van der Waals surface area contributed by atoms with Gasteiger partial charge in [0.15, 0.2) is 0 Å². The van der Waals surface area contributed by atoms with E-state index in [1.165, 1.54) is 30.6 Å². The molecule has 2 aromatic rings. The maximum atomic E-state index is 12.2. The van der Waals surface area contributed by atoms with Gasteiger partial charge in [-0.25, -0.2) is 13.2 Å². The molecule has 0 fully saturated rings. The lowest BCUT2D eigenvalue weighted by atomic mass is 10.1. The second kappa shape index (κ2) is 5.82. The van der Waals surface area contributed by atoms with E-state index in [9.17, 15) is 13.2 Å². The number of sulfonamides is 1. The predicted octanol–water partition coefficient (Wildman–Crippen LogP) is 2.65. The van der Waals surface area contributed by atoms with Crippen LogP contribution in [-0.4, -0.2) is 24.5 Å². The molecule has 21 heavy (non-hydrogen) atoms. The topological polar surface area (TPSA) is 96.4 Å². The van der Waals surface area contributed by atoms with E-state index in [2.05, 4.69) is 25.6 Å². The summed E-state index contributed by atoms with van der Waals surface area (Å²) in [6.07, 6.45) is 2.67. The first-order valence-corrected chi connectivity index (χ1v) is 8.04. The Hall–Kier alpha value is -1.93. The molecular weight excluding hydrogens is 360 g/mol. The summed E-state index contributed by atoms with van der Waals surface area (Å²) >= 11 is 3.15. The standard InChI is InChI=1S/C13H11BrN2O4S/c1-8-2-3-10(5-12(8)13(17)18)16-21(19,20)11-4-9(14)6-15-7-11/h2-7,16H,1H3,(H,17,18). The number of aryl methyl sites for hydroxylation is 1. The van der Waals surface area contributed by atoms with Crippen LogP contribution in [0.15, 0.2) is 46.0 Å². The molecule has 0 aliphatic rings. The fraction of sp³-hybridized carbons (Fsp3) is 0.0769. The van der Waals surface area contributed by atoms with Crippen LogP contribution in [0.5, 0.6) is 0 Å². The molecule has 1 aromatic carbocycles. The molecule has 0 atom stereocenters. The molecule has 2 N–H and O–H groups in total. The number of aromatic carboxylic acids is 1. The van der Waals surface area contributed by atoms with E-state index in [4.69, 9.17) is 5.11 Å². The summed E-state index contributed by atoms with van der Waals surface area (Å²) in [5, 5.41) is 9.05. The normalized spacial score (nSPS) is 11.1. The predicted molar refractivity (Wildman–Crippen MR) is 80.9 cm³/mol. The van der Waals surface area contributed by atoms with Crippen molar-refractivity contribution >= 4 is 37.6 Å². The molecule has 1 heterocycles. The average Bonchev–Trinajstić information content (AvgIpc) is 2.40. The summed E-state index contributed by atoms with van der Waals surface area (Å²) in [7, 11) is -3.83. The smallest absolute Gasteiger partial charge is 0.336 e. The van der Waals surface area contributed by atoms with E-state index < -0.39 is 16.0 Å². The van der Waals surface area contributed by atoms with Crippen molar-refractivity contribution in [1.29, 1.82) is 0 Å². The van der Waals surface area contributed by atoms with Crippen molar-refractivity contribution in [3.8, 4) is 0 Å². The quantitative estimate of drug-likeness (QED) is 0.862. The second-order valence-corrected chi connectivity index (χ2v) is 6.88. The molecule has 0 radical (unpaired) electrons. The molecule has 0 bridgehead atoms. The Labute approximate surface area is 130 Å². The SMILES string of the molecule is Cc1ccc(NS(=O)(=O)c2cncc(Br)c2)cc1C(=O)O. The number of carboxylic acids is 1. The Morgan fingerprint density at radius 3 is 2.62 bits per heavy atom. The molecule has 0 saturated heterocycles. The zero-order valence-electron chi connectivity index (χ0n) is 10.9. The summed E-state index contributed by atoms with van der Waals surface area (Å²) in [5.41, 5.74) is 0.773. The highest BCUT2D eigenvalue weighted by atomic mass is 79.9. The minimum absolute atomic E-state index is 0.0191. The van der Waals surface area contributed by atoms with Crippen molar-refractivity contribution in [3.05, 3.63) is 52.3 Å². The minimum atomic E-state index is -3.83. The number of nitrogens with one attached hydrogen (secondary N) is 1. The minimum Gasteiger partial charge on any atom is -0.478 e. The molecular formula is C13H11BrN2O4S. The summed E-state index contributed by atoms with van der Waals surface area (Å²) in [5.74, 6) is -1.11. The molecule has 1 aromatic heterocycles. The van der Waals surface area contributed by atoms with Crippen LogP contribution in [0.3, 0.4) is 0 Å². The molecule has 0 spiro atoms. The van der Waals surface area contributed by atoms with E-state index in [1.807, 2.05) is 0 Å². The zero-order chi connectivity index (χ0) is 15.6. The third-order valence-electron chi connectivity index (χ3n) is 2.71. The van der Waals surface area contributed by atoms with Crippen molar-refractivity contribution in [1.82, 2.24) is 4.98 Å². The van der Waals surface area contributed by atoms with Gasteiger partial charge in [-0.15, -0.1) is 0 Å². The lowest BCUT2D eigenvalue weighted by Crippen LogP contribution is -2.14. The Bertz CT molecular complexity index is 806. The highest BCUT2D eigenvalue weighted by Gasteiger charge is 2.16. The maximum absolute atomic E-state index is 12.2. The van der Waals surface area contributed by atoms with Crippen LogP contribution in [-0.2, 0) is 10.0 Å². The van der Waals surface area contributed by atoms with Gasteiger partial charge >= 0.3 is 5.97 Å². The number of carboxylic acid groups (broad SMARTS) is 1. The molecule has 0 amide bonds. The number of nitrogens with zero attached hydrogens (tertiary/aromatic N) is 1. The fourth-order valence-electron chi connectivity index (χ4n) is 1.67. The second-order valence-electron chi connectivity index (χ2n) is 4.28. The first kappa shape index (κ1) is 15.5. The lowest BCUT2D eigenvalue weighted by Gasteiger charge is -2.10. The van der Waals surface area contributed by atoms with Gasteiger partial charge in [-0.05, 0) is 46.6 Å². The molecule has 0 unspecified atom stereocenters. The van der Waals surface area contributed by atoms with Crippen molar-refractivity contribution in [2.75, 3.05) is 4.72 Å². The zero-order valence-corrected chi connectivity index (χ0v) is 13.3. The van der Waals surface area contributed by atoms with Gasteiger partial charge in [-0.3, -0.25) is 9.71 Å². The monoisotopic (exact) mass is 370 g/mol. The number of benzene rings is 1. The Kier molecular flexibility index (Phi) is 4.29. The van der Waals surface area contributed by atoms with Gasteiger partial charge in [0.25, 0.3) is 10.0 Å². The number of pyridine rings is 1. The Morgan fingerprint density at radius 1 is 1.29 bits per heavy atom. The number of hydrogen-bond donors (Lipinski definition) is 2. The molecule has 0 saturated carbocycles. The molecule has 8 heteroatoms. The van der Waals surface area contributed by atoms with Crippen molar-refractivity contribution in [2.24, 2.45) is 0 Å². The van der Waals surface area contributed by atoms with E-state index in [0.29, 0.717) is 10.0 Å². The van der Waals surface area contributed by atoms with Crippen molar-refractivity contribution in [3.63, 3.8) is 0 Å². The highest BCUT2D eigenvalue weighted by molar-refractivity contribution is 9.10. The highest BCUT2D eigenvalue weighted by Crippen LogP contribution is 2.20. The lowest BCUT2D eigenvalue weighted by molar-refractivity contribution is 0.0696. The maximum Gasteiger partial charge on any atom is 0.336 e. The summed E-state index contributed by atoms with van der Waals surface area (Å²) in [6.45, 7) is 1.64. The van der Waals surface area contributed by atoms with Crippen LogP contribution >= 0.6 is 15.9 Å². The van der Waals surface area contributed by atoms with Gasteiger partial charge in [0, 0.05) is 22.6 Å². The van der Waals surface area contributed by atoms with Crippen molar-refractivity contribution in [2.45, 2.75) is 11.8 Å². The number of anilines is 1. The summed E-state index contributed by atoms with van der Waals surface area (Å²) in [4.78, 5) is 14.8. The number of halogens is 1. The van der Waals surface area contributed by atoms with Gasteiger partial charge in [0.05, 0.1) is 5.56 Å². The first-order valence-electron chi connectivity index (χ1n) is 5.77. The van der Waals surface area contributed by atoms with Gasteiger partial charge in [0.2, 0.25) is 0 Å². The average molecular weight is 371 g/mol. The van der Waals surface area contributed by atoms with Crippen LogP contribution in [0.1, 0.15) is 15.9 Å². The van der Waals surface area contributed by atoms with Crippen LogP contribution in [0, 0.1) is 6.92 Å². The first-order chi connectivity index (χ1) is 9.79. The van der Waals surface area contributed by atoms with Gasteiger partial charge in [-0.2, -0.15) is 0 Å². The third kappa shape index (κ3) is 3.59. The van der Waals surface area contributed by atoms with E-state index in [-0.39, 0.29) is 16.1 Å². The summed E-state index contributed by atoms with van der Waals surface area (Å²) < 4.78 is 27.3. The molecule has 0 aliphatic heterocycles.